The van der Waals surface area contributed by atoms with Gasteiger partial charge in [-0.05, 0) is 6.92 Å². The van der Waals surface area contributed by atoms with Gasteiger partial charge in [-0.1, -0.05) is 0 Å². The van der Waals surface area contributed by atoms with E-state index in [9.17, 15) is 4.79 Å². The van der Waals surface area contributed by atoms with Crippen LogP contribution in [0.15, 0.2) is 17.8 Å². The third-order valence-electron chi connectivity index (χ3n) is 3.80. The number of fused-ring (bicyclic) bond motifs is 1. The monoisotopic (exact) mass is 332 g/mol. The van der Waals surface area contributed by atoms with Gasteiger partial charge in [-0.2, -0.15) is 5.10 Å². The minimum atomic E-state index is -0.275. The fraction of sp³-hybridized carbons (Fsp3) is 0.429. The summed E-state index contributed by atoms with van der Waals surface area (Å²) in [6, 6.07) is 0. The van der Waals surface area contributed by atoms with Crippen LogP contribution in [0, 0.1) is 6.92 Å². The van der Waals surface area contributed by atoms with Crippen molar-refractivity contribution in [2.24, 2.45) is 0 Å². The van der Waals surface area contributed by atoms with Gasteiger partial charge in [0.25, 0.3) is 0 Å². The number of hydrogen-bond acceptors (Lipinski definition) is 6. The summed E-state index contributed by atoms with van der Waals surface area (Å²) in [6.07, 6.45) is 3.87. The molecule has 4 heterocycles. The summed E-state index contributed by atoms with van der Waals surface area (Å²) < 4.78 is 7.62. The first-order valence-electron chi connectivity index (χ1n) is 7.38. The standard InChI is InChI=1S/C14H16N6O2S/c1-9-15-13(18-17-9)11-8-19(2-4-22-11)12(21)6-10-7-20-3-5-23-14(20)16-10/h3,5,7,11H,2,4,6,8H2,1H3,(H,15,17,18)/t11-/m1/s1. The van der Waals surface area contributed by atoms with Crippen LogP contribution in [0.4, 0.5) is 0 Å². The zero-order chi connectivity index (χ0) is 15.8. The predicted molar refractivity (Wildman–Crippen MR) is 83.2 cm³/mol. The van der Waals surface area contributed by atoms with E-state index < -0.39 is 0 Å². The lowest BCUT2D eigenvalue weighted by Crippen LogP contribution is -2.43. The minimum Gasteiger partial charge on any atom is -0.366 e. The van der Waals surface area contributed by atoms with Crippen molar-refractivity contribution in [3.63, 3.8) is 0 Å². The van der Waals surface area contributed by atoms with Crippen molar-refractivity contribution in [1.29, 1.82) is 0 Å². The Kier molecular flexibility index (Phi) is 3.58. The van der Waals surface area contributed by atoms with Crippen LogP contribution in [-0.4, -0.2) is 55.1 Å². The number of imidazole rings is 1. The Hall–Kier alpha value is -2.26. The number of aromatic amines is 1. The van der Waals surface area contributed by atoms with E-state index in [1.54, 1.807) is 16.2 Å². The lowest BCUT2D eigenvalue weighted by atomic mass is 10.2. The molecular weight excluding hydrogens is 316 g/mol. The van der Waals surface area contributed by atoms with Crippen LogP contribution >= 0.6 is 11.3 Å². The second kappa shape index (κ2) is 5.74. The fourth-order valence-electron chi connectivity index (χ4n) is 2.66. The van der Waals surface area contributed by atoms with Crippen LogP contribution in [0.5, 0.6) is 0 Å². The number of hydrogen-bond donors (Lipinski definition) is 1. The van der Waals surface area contributed by atoms with Crippen LogP contribution in [0.25, 0.3) is 4.96 Å². The van der Waals surface area contributed by atoms with E-state index in [0.717, 1.165) is 16.5 Å². The molecule has 1 aliphatic rings. The van der Waals surface area contributed by atoms with E-state index >= 15 is 0 Å². The molecule has 0 radical (unpaired) electrons. The molecule has 3 aromatic rings. The first-order valence-corrected chi connectivity index (χ1v) is 8.26. The predicted octanol–water partition coefficient (Wildman–Crippen LogP) is 0.965. The van der Waals surface area contributed by atoms with Crippen molar-refractivity contribution in [1.82, 2.24) is 29.5 Å². The molecule has 1 amide bonds. The number of carbonyl (C=O) groups excluding carboxylic acids is 1. The van der Waals surface area contributed by atoms with Gasteiger partial charge in [-0.3, -0.25) is 14.3 Å². The van der Waals surface area contributed by atoms with Gasteiger partial charge in [0.1, 0.15) is 11.9 Å². The normalized spacial score (nSPS) is 18.7. The molecule has 4 rings (SSSR count). The van der Waals surface area contributed by atoms with Gasteiger partial charge in [0, 0.05) is 24.3 Å². The maximum atomic E-state index is 12.5. The zero-order valence-electron chi connectivity index (χ0n) is 12.6. The summed E-state index contributed by atoms with van der Waals surface area (Å²) in [5.74, 6) is 1.39. The number of nitrogens with zero attached hydrogens (tertiary/aromatic N) is 5. The summed E-state index contributed by atoms with van der Waals surface area (Å²) in [6.45, 7) is 3.38. The summed E-state index contributed by atoms with van der Waals surface area (Å²) in [5.41, 5.74) is 0.790. The van der Waals surface area contributed by atoms with E-state index in [4.69, 9.17) is 4.74 Å². The number of morpholine rings is 1. The highest BCUT2D eigenvalue weighted by molar-refractivity contribution is 7.15. The topological polar surface area (TPSA) is 88.4 Å². The van der Waals surface area contributed by atoms with E-state index in [1.165, 1.54) is 0 Å². The number of carbonyl (C=O) groups is 1. The second-order valence-electron chi connectivity index (χ2n) is 5.48. The van der Waals surface area contributed by atoms with Crippen LogP contribution < -0.4 is 0 Å². The molecule has 1 fully saturated rings. The Labute approximate surface area is 136 Å². The Morgan fingerprint density at radius 1 is 1.52 bits per heavy atom. The van der Waals surface area contributed by atoms with Gasteiger partial charge in [0.15, 0.2) is 10.8 Å². The van der Waals surface area contributed by atoms with Gasteiger partial charge < -0.3 is 9.64 Å². The Bertz CT molecular complexity index is 809. The van der Waals surface area contributed by atoms with E-state index in [2.05, 4.69) is 20.2 Å². The number of nitrogens with one attached hydrogen (secondary N) is 1. The van der Waals surface area contributed by atoms with Gasteiger partial charge in [0.2, 0.25) is 5.91 Å². The molecule has 3 aromatic heterocycles. The third kappa shape index (κ3) is 2.84. The number of aromatic nitrogens is 5. The molecule has 0 aromatic carbocycles. The third-order valence-corrected chi connectivity index (χ3v) is 4.57. The lowest BCUT2D eigenvalue weighted by molar-refractivity contribution is -0.138. The van der Waals surface area contributed by atoms with Crippen molar-refractivity contribution in [3.05, 3.63) is 35.1 Å². The molecule has 8 nitrogen and oxygen atoms in total. The molecule has 0 saturated carbocycles. The molecule has 23 heavy (non-hydrogen) atoms. The van der Waals surface area contributed by atoms with Crippen LogP contribution in [0.1, 0.15) is 23.4 Å². The van der Waals surface area contributed by atoms with Gasteiger partial charge >= 0.3 is 0 Å². The number of ether oxygens (including phenoxy) is 1. The molecule has 1 atom stereocenters. The van der Waals surface area contributed by atoms with Crippen molar-refractivity contribution in [2.45, 2.75) is 19.4 Å². The molecule has 9 heteroatoms. The SMILES string of the molecule is Cc1nc([C@H]2CN(C(=O)Cc3cn4ccsc4n3)CCO2)n[nH]1. The van der Waals surface area contributed by atoms with Crippen LogP contribution in [-0.2, 0) is 16.0 Å². The molecule has 1 aliphatic heterocycles. The quantitative estimate of drug-likeness (QED) is 0.772. The molecular formula is C14H16N6O2S. The number of aryl methyl sites for hydroxylation is 1. The fourth-order valence-corrected chi connectivity index (χ4v) is 3.38. The van der Waals surface area contributed by atoms with Gasteiger partial charge in [0.05, 0.1) is 25.3 Å². The molecule has 1 N–H and O–H groups in total. The van der Waals surface area contributed by atoms with Crippen LogP contribution in [0.3, 0.4) is 0 Å². The highest BCUT2D eigenvalue weighted by Crippen LogP contribution is 2.20. The van der Waals surface area contributed by atoms with Crippen molar-refractivity contribution in [2.75, 3.05) is 19.7 Å². The van der Waals surface area contributed by atoms with E-state index in [-0.39, 0.29) is 12.0 Å². The summed E-state index contributed by atoms with van der Waals surface area (Å²) in [4.78, 5) is 24.0. The van der Waals surface area contributed by atoms with Gasteiger partial charge in [-0.25, -0.2) is 9.97 Å². The van der Waals surface area contributed by atoms with E-state index in [1.807, 2.05) is 29.1 Å². The smallest absolute Gasteiger partial charge is 0.228 e. The highest BCUT2D eigenvalue weighted by Gasteiger charge is 2.28. The summed E-state index contributed by atoms with van der Waals surface area (Å²) >= 11 is 1.56. The number of amides is 1. The molecule has 1 saturated heterocycles. The molecule has 120 valence electrons. The number of H-pyrrole nitrogens is 1. The molecule has 0 aliphatic carbocycles. The van der Waals surface area contributed by atoms with E-state index in [0.29, 0.717) is 31.9 Å². The van der Waals surface area contributed by atoms with Crippen LogP contribution in [0.2, 0.25) is 0 Å². The Balaban J connectivity index is 1.44. The first kappa shape index (κ1) is 14.3. The van der Waals surface area contributed by atoms with Crippen molar-refractivity contribution >= 4 is 22.2 Å². The highest BCUT2D eigenvalue weighted by atomic mass is 32.1. The number of rotatable bonds is 3. The lowest BCUT2D eigenvalue weighted by Gasteiger charge is -2.31. The molecule has 0 unspecified atom stereocenters. The average molecular weight is 332 g/mol. The zero-order valence-corrected chi connectivity index (χ0v) is 13.4. The van der Waals surface area contributed by atoms with Crippen molar-refractivity contribution in [3.8, 4) is 0 Å². The maximum Gasteiger partial charge on any atom is 0.228 e. The summed E-state index contributed by atoms with van der Waals surface area (Å²) in [7, 11) is 0. The average Bonchev–Trinajstić information content (AvgIpc) is 3.23. The molecule has 0 bridgehead atoms. The first-order chi connectivity index (χ1) is 11.2. The van der Waals surface area contributed by atoms with Gasteiger partial charge in [-0.15, -0.1) is 11.3 Å². The van der Waals surface area contributed by atoms with Crippen molar-refractivity contribution < 1.29 is 9.53 Å². The Morgan fingerprint density at radius 2 is 2.43 bits per heavy atom. The largest absolute Gasteiger partial charge is 0.366 e. The second-order valence-corrected chi connectivity index (χ2v) is 6.35. The summed E-state index contributed by atoms with van der Waals surface area (Å²) in [5, 5.41) is 8.90. The minimum absolute atomic E-state index is 0.0521. The Morgan fingerprint density at radius 3 is 3.22 bits per heavy atom. The number of thiazole rings is 1. The maximum absolute atomic E-state index is 12.5. The molecule has 0 spiro atoms.